The van der Waals surface area contributed by atoms with E-state index in [0.29, 0.717) is 0 Å². The van der Waals surface area contributed by atoms with E-state index < -0.39 is 22.4 Å². The molecule has 0 aliphatic heterocycles. The number of benzene rings is 1. The molecule has 17 heavy (non-hydrogen) atoms. The molecule has 0 aromatic heterocycles. The van der Waals surface area contributed by atoms with E-state index >= 15 is 0 Å². The van der Waals surface area contributed by atoms with Gasteiger partial charge in [-0.3, -0.25) is 14.9 Å². The van der Waals surface area contributed by atoms with Gasteiger partial charge in [-0.15, -0.1) is 0 Å². The summed E-state index contributed by atoms with van der Waals surface area (Å²) in [6.45, 7) is 1.84. The van der Waals surface area contributed by atoms with Gasteiger partial charge in [-0.2, -0.15) is 0 Å². The summed E-state index contributed by atoms with van der Waals surface area (Å²) < 4.78 is 17.9. The minimum absolute atomic E-state index is 0.0944. The highest BCUT2D eigenvalue weighted by Crippen LogP contribution is 2.30. The number of carbonyl (C=O) groups excluding carboxylic acids is 1. The predicted molar refractivity (Wildman–Crippen MR) is 61.1 cm³/mol. The number of ether oxygens (including phenoxy) is 1. The first-order valence-electron chi connectivity index (χ1n) is 4.73. The van der Waals surface area contributed by atoms with Gasteiger partial charge in [0.25, 0.3) is 5.69 Å². The first kappa shape index (κ1) is 13.6. The average Bonchev–Trinajstić information content (AvgIpc) is 2.22. The van der Waals surface area contributed by atoms with Gasteiger partial charge in [0.05, 0.1) is 28.5 Å². The zero-order valence-electron chi connectivity index (χ0n) is 8.91. The number of nitrogens with zero attached hydrogens (tertiary/aromatic N) is 1. The van der Waals surface area contributed by atoms with E-state index in [1.165, 1.54) is 0 Å². The lowest BCUT2D eigenvalue weighted by Gasteiger charge is -2.05. The summed E-state index contributed by atoms with van der Waals surface area (Å²) in [5.74, 6) is -1.33. The average molecular weight is 306 g/mol. The maximum atomic E-state index is 13.1. The second-order valence-corrected chi connectivity index (χ2v) is 3.93. The van der Waals surface area contributed by atoms with Crippen LogP contribution in [0.5, 0.6) is 0 Å². The summed E-state index contributed by atoms with van der Waals surface area (Å²) in [6.07, 6.45) is -0.215. The number of esters is 1. The van der Waals surface area contributed by atoms with E-state index in [-0.39, 0.29) is 23.1 Å². The third-order valence-electron chi connectivity index (χ3n) is 1.93. The van der Waals surface area contributed by atoms with E-state index in [2.05, 4.69) is 20.7 Å². The highest BCUT2D eigenvalue weighted by Gasteiger charge is 2.19. The maximum Gasteiger partial charge on any atom is 0.310 e. The molecule has 0 unspecified atom stereocenters. The quantitative estimate of drug-likeness (QED) is 0.487. The van der Waals surface area contributed by atoms with Crippen LogP contribution in [0.3, 0.4) is 0 Å². The monoisotopic (exact) mass is 305 g/mol. The van der Waals surface area contributed by atoms with Gasteiger partial charge in [-0.25, -0.2) is 4.39 Å². The van der Waals surface area contributed by atoms with Crippen LogP contribution in [-0.4, -0.2) is 17.5 Å². The lowest BCUT2D eigenvalue weighted by molar-refractivity contribution is -0.385. The molecule has 1 rings (SSSR count). The van der Waals surface area contributed by atoms with Gasteiger partial charge in [0.15, 0.2) is 0 Å². The summed E-state index contributed by atoms with van der Waals surface area (Å²) >= 11 is 2.98. The van der Waals surface area contributed by atoms with Crippen LogP contribution < -0.4 is 0 Å². The standard InChI is InChI=1S/C10H9BrFNO4/c1-2-17-9(14)4-6-3-7(12)5-8(10(6)11)13(15)16/h3,5H,2,4H2,1H3. The maximum absolute atomic E-state index is 13.1. The molecule has 0 amide bonds. The Labute approximate surface area is 105 Å². The Morgan fingerprint density at radius 3 is 2.76 bits per heavy atom. The molecule has 0 heterocycles. The van der Waals surface area contributed by atoms with Crippen molar-refractivity contribution in [1.82, 2.24) is 0 Å². The fourth-order valence-electron chi connectivity index (χ4n) is 1.26. The number of hydrogen-bond acceptors (Lipinski definition) is 4. The fourth-order valence-corrected chi connectivity index (χ4v) is 1.77. The molecule has 0 fully saturated rings. The van der Waals surface area contributed by atoms with E-state index in [1.807, 2.05) is 0 Å². The van der Waals surface area contributed by atoms with Crippen molar-refractivity contribution in [2.24, 2.45) is 0 Å². The highest BCUT2D eigenvalue weighted by atomic mass is 79.9. The minimum Gasteiger partial charge on any atom is -0.466 e. The van der Waals surface area contributed by atoms with Crippen molar-refractivity contribution < 1.29 is 18.8 Å². The molecule has 0 N–H and O–H groups in total. The normalized spacial score (nSPS) is 10.1. The molecule has 5 nitrogen and oxygen atoms in total. The number of nitro benzene ring substituents is 1. The molecule has 0 aliphatic carbocycles. The van der Waals surface area contributed by atoms with Crippen LogP contribution in [-0.2, 0) is 16.0 Å². The van der Waals surface area contributed by atoms with Crippen molar-refractivity contribution in [3.05, 3.63) is 38.1 Å². The van der Waals surface area contributed by atoms with Crippen LogP contribution in [0.1, 0.15) is 12.5 Å². The highest BCUT2D eigenvalue weighted by molar-refractivity contribution is 9.10. The summed E-state index contributed by atoms with van der Waals surface area (Å²) in [7, 11) is 0. The lowest BCUT2D eigenvalue weighted by Crippen LogP contribution is -2.09. The molecule has 0 saturated carbocycles. The van der Waals surface area contributed by atoms with Gasteiger partial charge < -0.3 is 4.74 Å². The van der Waals surface area contributed by atoms with Crippen molar-refractivity contribution in [3.8, 4) is 0 Å². The number of rotatable bonds is 4. The van der Waals surface area contributed by atoms with Crippen LogP contribution in [0.25, 0.3) is 0 Å². The predicted octanol–water partition coefficient (Wildman–Crippen LogP) is 2.60. The lowest BCUT2D eigenvalue weighted by atomic mass is 10.1. The Morgan fingerprint density at radius 1 is 1.59 bits per heavy atom. The third kappa shape index (κ3) is 3.48. The summed E-state index contributed by atoms with van der Waals surface area (Å²) in [4.78, 5) is 21.1. The molecule has 0 atom stereocenters. The molecule has 1 aromatic rings. The zero-order valence-corrected chi connectivity index (χ0v) is 10.5. The van der Waals surface area contributed by atoms with E-state index in [1.54, 1.807) is 6.92 Å². The van der Waals surface area contributed by atoms with Crippen molar-refractivity contribution in [2.75, 3.05) is 6.61 Å². The molecule has 0 saturated heterocycles. The first-order chi connectivity index (χ1) is 7.95. The molecule has 1 aromatic carbocycles. The number of hydrogen-bond donors (Lipinski definition) is 0. The van der Waals surface area contributed by atoms with E-state index in [0.717, 1.165) is 12.1 Å². The summed E-state index contributed by atoms with van der Waals surface area (Å²) in [5.41, 5.74) is -0.223. The topological polar surface area (TPSA) is 69.4 Å². The molecular formula is C10H9BrFNO4. The second kappa shape index (κ2) is 5.72. The first-order valence-corrected chi connectivity index (χ1v) is 5.53. The molecule has 7 heteroatoms. The summed E-state index contributed by atoms with van der Waals surface area (Å²) in [6, 6.07) is 1.85. The Hall–Kier alpha value is -1.50. The van der Waals surface area contributed by atoms with Crippen LogP contribution in [0, 0.1) is 15.9 Å². The Balaban J connectivity index is 3.07. The van der Waals surface area contributed by atoms with Crippen molar-refractivity contribution in [2.45, 2.75) is 13.3 Å². The third-order valence-corrected chi connectivity index (χ3v) is 2.85. The molecular weight excluding hydrogens is 297 g/mol. The fraction of sp³-hybridized carbons (Fsp3) is 0.300. The van der Waals surface area contributed by atoms with Gasteiger partial charge in [0, 0.05) is 0 Å². The number of carbonyl (C=O) groups is 1. The SMILES string of the molecule is CCOC(=O)Cc1cc(F)cc([N+](=O)[O-])c1Br. The molecule has 92 valence electrons. The number of nitro groups is 1. The molecule has 0 aliphatic rings. The largest absolute Gasteiger partial charge is 0.466 e. The van der Waals surface area contributed by atoms with Gasteiger partial charge in [-0.05, 0) is 34.5 Å². The summed E-state index contributed by atoms with van der Waals surface area (Å²) in [5, 5.41) is 10.6. The second-order valence-electron chi connectivity index (χ2n) is 3.14. The van der Waals surface area contributed by atoms with Crippen molar-refractivity contribution in [1.29, 1.82) is 0 Å². The van der Waals surface area contributed by atoms with Gasteiger partial charge in [0.2, 0.25) is 0 Å². The van der Waals surface area contributed by atoms with E-state index in [9.17, 15) is 19.3 Å². The van der Waals surface area contributed by atoms with E-state index in [4.69, 9.17) is 0 Å². The number of halogens is 2. The molecule has 0 radical (unpaired) electrons. The minimum atomic E-state index is -0.765. The van der Waals surface area contributed by atoms with Crippen molar-refractivity contribution >= 4 is 27.6 Å². The van der Waals surface area contributed by atoms with Crippen LogP contribution in [0.15, 0.2) is 16.6 Å². The molecule has 0 spiro atoms. The Kier molecular flexibility index (Phi) is 4.56. The van der Waals surface area contributed by atoms with Crippen molar-refractivity contribution in [3.63, 3.8) is 0 Å². The van der Waals surface area contributed by atoms with Crippen LogP contribution in [0.4, 0.5) is 10.1 Å². The Morgan fingerprint density at radius 2 is 2.24 bits per heavy atom. The van der Waals surface area contributed by atoms with Crippen LogP contribution in [0.2, 0.25) is 0 Å². The van der Waals surface area contributed by atoms with Gasteiger partial charge in [0.1, 0.15) is 5.82 Å². The van der Waals surface area contributed by atoms with Gasteiger partial charge in [-0.1, -0.05) is 0 Å². The van der Waals surface area contributed by atoms with Gasteiger partial charge >= 0.3 is 5.97 Å². The van der Waals surface area contributed by atoms with Crippen LogP contribution >= 0.6 is 15.9 Å². The zero-order chi connectivity index (χ0) is 13.0. The smallest absolute Gasteiger partial charge is 0.310 e. The molecule has 0 bridgehead atoms. The Bertz CT molecular complexity index is 464.